The molecule has 2 rings (SSSR count). The Morgan fingerprint density at radius 2 is 2.28 bits per heavy atom. The number of thiazole rings is 1. The number of carbonyl (C=O) groups is 1. The predicted octanol–water partition coefficient (Wildman–Crippen LogP) is 2.39. The van der Waals surface area contributed by atoms with Crippen molar-refractivity contribution in [1.29, 1.82) is 0 Å². The minimum atomic E-state index is -0.942. The molecule has 8 heteroatoms. The number of aromatic carboxylic acids is 1. The Balaban J connectivity index is 2.01. The lowest BCUT2D eigenvalue weighted by atomic mass is 10.4. The Morgan fingerprint density at radius 3 is 2.83 bits per heavy atom. The molecular weight excluding hydrogens is 274 g/mol. The maximum absolute atomic E-state index is 10.9. The summed E-state index contributed by atoms with van der Waals surface area (Å²) < 4.78 is 5.74. The smallest absolute Gasteiger partial charge is 0.347 e. The van der Waals surface area contributed by atoms with Crippen LogP contribution in [-0.4, -0.2) is 26.2 Å². The molecule has 0 atom stereocenters. The third-order valence-electron chi connectivity index (χ3n) is 2.12. The molecule has 0 aliphatic rings. The van der Waals surface area contributed by atoms with Crippen LogP contribution in [0.25, 0.3) is 0 Å². The molecule has 2 aromatic heterocycles. The molecule has 0 unspecified atom stereocenters. The van der Waals surface area contributed by atoms with Crippen LogP contribution < -0.4 is 0 Å². The topological polar surface area (TPSA) is 89.1 Å². The fourth-order valence-electron chi connectivity index (χ4n) is 1.25. The van der Waals surface area contributed by atoms with Crippen molar-refractivity contribution in [3.63, 3.8) is 0 Å². The van der Waals surface area contributed by atoms with Gasteiger partial charge in [0.25, 0.3) is 0 Å². The second kappa shape index (κ2) is 5.49. The largest absolute Gasteiger partial charge is 0.477 e. The highest BCUT2D eigenvalue weighted by Crippen LogP contribution is 2.29. The molecule has 96 valence electrons. The summed E-state index contributed by atoms with van der Waals surface area (Å²) in [6.07, 6.45) is 0.730. The first-order valence-corrected chi connectivity index (χ1v) is 7.05. The lowest BCUT2D eigenvalue weighted by Crippen LogP contribution is -1.94. The highest BCUT2D eigenvalue weighted by Gasteiger charge is 2.15. The fraction of sp³-hybridized carbons (Fsp3) is 0.400. The SMILES string of the molecule is CCc1noc(CSc2nc(C)c(C(=O)O)s2)n1. The van der Waals surface area contributed by atoms with Crippen LogP contribution >= 0.6 is 23.1 Å². The van der Waals surface area contributed by atoms with Crippen LogP contribution in [0.3, 0.4) is 0 Å². The van der Waals surface area contributed by atoms with E-state index in [9.17, 15) is 4.79 Å². The summed E-state index contributed by atoms with van der Waals surface area (Å²) in [5.41, 5.74) is 0.537. The molecule has 1 N–H and O–H groups in total. The van der Waals surface area contributed by atoms with E-state index in [2.05, 4.69) is 15.1 Å². The molecule has 0 bridgehead atoms. The Bertz CT molecular complexity index is 564. The zero-order valence-corrected chi connectivity index (χ0v) is 11.5. The Hall–Kier alpha value is -1.41. The molecule has 0 aliphatic carbocycles. The minimum Gasteiger partial charge on any atom is -0.477 e. The van der Waals surface area contributed by atoms with Gasteiger partial charge in [-0.25, -0.2) is 9.78 Å². The quantitative estimate of drug-likeness (QED) is 0.843. The number of hydrogen-bond acceptors (Lipinski definition) is 7. The van der Waals surface area contributed by atoms with E-state index in [0.29, 0.717) is 27.5 Å². The lowest BCUT2D eigenvalue weighted by molar-refractivity contribution is 0.0701. The normalized spacial score (nSPS) is 10.8. The van der Waals surface area contributed by atoms with Gasteiger partial charge in [0, 0.05) is 6.42 Å². The van der Waals surface area contributed by atoms with Crippen molar-refractivity contribution in [2.75, 3.05) is 0 Å². The third-order valence-corrected chi connectivity index (χ3v) is 4.39. The fourth-order valence-corrected chi connectivity index (χ4v) is 3.11. The second-order valence-corrected chi connectivity index (χ2v) is 5.67. The second-order valence-electron chi connectivity index (χ2n) is 3.45. The van der Waals surface area contributed by atoms with E-state index in [-0.39, 0.29) is 4.88 Å². The molecule has 18 heavy (non-hydrogen) atoms. The van der Waals surface area contributed by atoms with Gasteiger partial charge in [-0.3, -0.25) is 0 Å². The van der Waals surface area contributed by atoms with E-state index in [1.54, 1.807) is 6.92 Å². The lowest BCUT2D eigenvalue weighted by Gasteiger charge is -1.90. The van der Waals surface area contributed by atoms with E-state index in [0.717, 1.165) is 17.8 Å². The van der Waals surface area contributed by atoms with Crippen LogP contribution in [0.4, 0.5) is 0 Å². The molecule has 0 saturated carbocycles. The maximum atomic E-state index is 10.9. The van der Waals surface area contributed by atoms with Crippen LogP contribution in [0, 0.1) is 6.92 Å². The summed E-state index contributed by atoms with van der Waals surface area (Å²) in [5, 5.41) is 12.7. The molecule has 0 amide bonds. The van der Waals surface area contributed by atoms with Crippen molar-refractivity contribution < 1.29 is 14.4 Å². The highest BCUT2D eigenvalue weighted by atomic mass is 32.2. The average Bonchev–Trinajstić information content (AvgIpc) is 2.92. The molecule has 0 spiro atoms. The van der Waals surface area contributed by atoms with Gasteiger partial charge >= 0.3 is 5.97 Å². The zero-order valence-electron chi connectivity index (χ0n) is 9.84. The van der Waals surface area contributed by atoms with Gasteiger partial charge in [0.2, 0.25) is 5.89 Å². The van der Waals surface area contributed by atoms with Gasteiger partial charge in [-0.05, 0) is 6.92 Å². The van der Waals surface area contributed by atoms with Gasteiger partial charge in [0.1, 0.15) is 4.88 Å². The number of hydrogen-bond donors (Lipinski definition) is 1. The molecule has 0 fully saturated rings. The number of carboxylic acid groups (broad SMARTS) is 1. The first-order valence-electron chi connectivity index (χ1n) is 5.25. The predicted molar refractivity (Wildman–Crippen MR) is 67.0 cm³/mol. The average molecular weight is 285 g/mol. The van der Waals surface area contributed by atoms with Crippen molar-refractivity contribution >= 4 is 29.1 Å². The highest BCUT2D eigenvalue weighted by molar-refractivity contribution is 8.00. The van der Waals surface area contributed by atoms with E-state index < -0.39 is 5.97 Å². The minimum absolute atomic E-state index is 0.275. The summed E-state index contributed by atoms with van der Waals surface area (Å²) in [7, 11) is 0. The first kappa shape index (κ1) is 13.0. The van der Waals surface area contributed by atoms with Crippen molar-refractivity contribution in [2.45, 2.75) is 30.4 Å². The Labute approximate surface area is 111 Å². The van der Waals surface area contributed by atoms with Gasteiger partial charge in [0.05, 0.1) is 11.4 Å². The van der Waals surface area contributed by atoms with Crippen molar-refractivity contribution in [3.05, 3.63) is 22.3 Å². The molecule has 6 nitrogen and oxygen atoms in total. The molecule has 2 heterocycles. The molecular formula is C10H11N3O3S2. The van der Waals surface area contributed by atoms with Crippen LogP contribution in [0.5, 0.6) is 0 Å². The summed E-state index contributed by atoms with van der Waals surface area (Å²) in [6, 6.07) is 0. The molecule has 2 aromatic rings. The number of carboxylic acids is 1. The van der Waals surface area contributed by atoms with Crippen molar-refractivity contribution in [2.24, 2.45) is 0 Å². The molecule has 0 saturated heterocycles. The number of aromatic nitrogens is 3. The molecule has 0 aliphatic heterocycles. The van der Waals surface area contributed by atoms with Crippen LogP contribution in [0.2, 0.25) is 0 Å². The van der Waals surface area contributed by atoms with E-state index in [1.807, 2.05) is 6.92 Å². The van der Waals surface area contributed by atoms with Gasteiger partial charge in [-0.2, -0.15) is 4.98 Å². The number of thioether (sulfide) groups is 1. The number of aryl methyl sites for hydroxylation is 2. The van der Waals surface area contributed by atoms with Gasteiger partial charge < -0.3 is 9.63 Å². The number of rotatable bonds is 5. The Kier molecular flexibility index (Phi) is 3.97. The van der Waals surface area contributed by atoms with Crippen molar-refractivity contribution in [1.82, 2.24) is 15.1 Å². The zero-order chi connectivity index (χ0) is 13.1. The number of nitrogens with zero attached hydrogens (tertiary/aromatic N) is 3. The summed E-state index contributed by atoms with van der Waals surface area (Å²) >= 11 is 2.56. The monoisotopic (exact) mass is 285 g/mol. The van der Waals surface area contributed by atoms with Crippen LogP contribution in [0.1, 0.15) is 34.0 Å². The summed E-state index contributed by atoms with van der Waals surface area (Å²) in [5.74, 6) is 0.760. The first-order chi connectivity index (χ1) is 8.60. The molecule has 0 aromatic carbocycles. The Morgan fingerprint density at radius 1 is 1.50 bits per heavy atom. The molecule has 0 radical (unpaired) electrons. The summed E-state index contributed by atoms with van der Waals surface area (Å²) in [6.45, 7) is 3.64. The van der Waals surface area contributed by atoms with E-state index in [1.165, 1.54) is 11.8 Å². The van der Waals surface area contributed by atoms with Crippen molar-refractivity contribution in [3.8, 4) is 0 Å². The standard InChI is InChI=1S/C10H11N3O3S2/c1-3-6-12-7(16-13-6)4-17-10-11-5(2)8(18-10)9(14)15/h3-4H2,1-2H3,(H,14,15). The maximum Gasteiger partial charge on any atom is 0.347 e. The third kappa shape index (κ3) is 2.88. The summed E-state index contributed by atoms with van der Waals surface area (Å²) in [4.78, 5) is 19.5. The van der Waals surface area contributed by atoms with Gasteiger partial charge in [-0.15, -0.1) is 11.3 Å². The van der Waals surface area contributed by atoms with Gasteiger partial charge in [0.15, 0.2) is 10.2 Å². The van der Waals surface area contributed by atoms with Crippen LogP contribution in [-0.2, 0) is 12.2 Å². The van der Waals surface area contributed by atoms with Gasteiger partial charge in [-0.1, -0.05) is 23.8 Å². The van der Waals surface area contributed by atoms with E-state index >= 15 is 0 Å². The van der Waals surface area contributed by atoms with E-state index in [4.69, 9.17) is 9.63 Å². The van der Waals surface area contributed by atoms with Crippen LogP contribution in [0.15, 0.2) is 8.86 Å².